The monoisotopic (exact) mass is 376 g/mol. The van der Waals surface area contributed by atoms with Gasteiger partial charge in [-0.2, -0.15) is 0 Å². The number of hydrogen-bond acceptors (Lipinski definition) is 4. The van der Waals surface area contributed by atoms with E-state index in [0.717, 1.165) is 17.4 Å². The topological polar surface area (TPSA) is 52.6 Å². The van der Waals surface area contributed by atoms with Crippen LogP contribution < -0.4 is 10.2 Å². The third kappa shape index (κ3) is 3.09. The van der Waals surface area contributed by atoms with Gasteiger partial charge >= 0.3 is 0 Å². The fourth-order valence-corrected chi connectivity index (χ4v) is 3.72. The molecule has 0 aliphatic carbocycles. The van der Waals surface area contributed by atoms with E-state index in [9.17, 15) is 4.79 Å². The summed E-state index contributed by atoms with van der Waals surface area (Å²) in [5.74, 6) is 1.06. The van der Waals surface area contributed by atoms with Crippen LogP contribution in [0.1, 0.15) is 37.2 Å². The van der Waals surface area contributed by atoms with Gasteiger partial charge in [0.15, 0.2) is 16.6 Å². The van der Waals surface area contributed by atoms with Crippen LogP contribution in [0.3, 0.4) is 0 Å². The van der Waals surface area contributed by atoms with Gasteiger partial charge in [-0.05, 0) is 42.9 Å². The van der Waals surface area contributed by atoms with Crippen LogP contribution in [0.5, 0.6) is 5.75 Å². The average molecular weight is 376 g/mol. The Hall–Kier alpha value is -3.01. The maximum atomic E-state index is 12.6. The molecule has 2 aromatic carbocycles. The number of ether oxygens (including phenoxy) is 1. The summed E-state index contributed by atoms with van der Waals surface area (Å²) >= 11 is 0. The van der Waals surface area contributed by atoms with Crippen LogP contribution in [-0.4, -0.2) is 6.61 Å². The number of rotatable bonds is 5. The molecule has 0 fully saturated rings. The Morgan fingerprint density at radius 1 is 1.04 bits per heavy atom. The van der Waals surface area contributed by atoms with Gasteiger partial charge < -0.3 is 13.6 Å². The Kier molecular flexibility index (Phi) is 4.50. The molecule has 0 saturated heterocycles. The van der Waals surface area contributed by atoms with Crippen molar-refractivity contribution in [3.05, 3.63) is 75.8 Å². The zero-order valence-electron chi connectivity index (χ0n) is 16.7. The molecule has 0 radical (unpaired) electrons. The normalized spacial score (nSPS) is 12.0. The number of hydrogen-bond donors (Lipinski definition) is 0. The van der Waals surface area contributed by atoms with E-state index in [1.807, 2.05) is 19.1 Å². The van der Waals surface area contributed by atoms with Crippen LogP contribution in [0.4, 0.5) is 0 Å². The minimum atomic E-state index is -0.0613. The van der Waals surface area contributed by atoms with Crippen molar-refractivity contribution in [3.63, 3.8) is 0 Å². The Bertz CT molecular complexity index is 1200. The fourth-order valence-electron chi connectivity index (χ4n) is 3.72. The van der Waals surface area contributed by atoms with Crippen molar-refractivity contribution in [2.75, 3.05) is 6.61 Å². The van der Waals surface area contributed by atoms with Gasteiger partial charge in [-0.1, -0.05) is 44.2 Å². The predicted octanol–water partition coefficient (Wildman–Crippen LogP) is 5.90. The maximum Gasteiger partial charge on any atom is 0.206 e. The minimum Gasteiger partial charge on any atom is -0.486 e. The molecule has 0 saturated carbocycles. The predicted molar refractivity (Wildman–Crippen MR) is 111 cm³/mol. The molecule has 4 aromatic rings. The minimum absolute atomic E-state index is 0.0409. The number of aryl methyl sites for hydroxylation is 2. The SMILES string of the molecule is Cc1cc(=O)c2c(C)c3ccoc3c(OCCC(C)(C)c3ccccc3)c2o1. The van der Waals surface area contributed by atoms with Gasteiger partial charge in [-0.15, -0.1) is 0 Å². The lowest BCUT2D eigenvalue weighted by atomic mass is 9.82. The first kappa shape index (κ1) is 18.4. The summed E-state index contributed by atoms with van der Waals surface area (Å²) < 4.78 is 17.8. The summed E-state index contributed by atoms with van der Waals surface area (Å²) in [4.78, 5) is 12.6. The van der Waals surface area contributed by atoms with Gasteiger partial charge in [0.1, 0.15) is 5.76 Å². The van der Waals surface area contributed by atoms with E-state index in [0.29, 0.717) is 34.7 Å². The molecule has 0 N–H and O–H groups in total. The molecule has 144 valence electrons. The van der Waals surface area contributed by atoms with Crippen LogP contribution in [0.15, 0.2) is 62.4 Å². The summed E-state index contributed by atoms with van der Waals surface area (Å²) in [5.41, 5.74) is 3.09. The second-order valence-electron chi connectivity index (χ2n) is 7.89. The van der Waals surface area contributed by atoms with Crippen molar-refractivity contribution in [1.29, 1.82) is 0 Å². The Morgan fingerprint density at radius 2 is 1.79 bits per heavy atom. The molecule has 2 heterocycles. The molecule has 4 rings (SSSR count). The number of fused-ring (bicyclic) bond motifs is 2. The second-order valence-corrected chi connectivity index (χ2v) is 7.89. The van der Waals surface area contributed by atoms with Gasteiger partial charge in [-0.25, -0.2) is 0 Å². The molecule has 28 heavy (non-hydrogen) atoms. The van der Waals surface area contributed by atoms with Gasteiger partial charge in [0.2, 0.25) is 5.75 Å². The highest BCUT2D eigenvalue weighted by atomic mass is 16.5. The molecule has 4 nitrogen and oxygen atoms in total. The molecule has 4 heteroatoms. The van der Waals surface area contributed by atoms with Crippen LogP contribution in [0.2, 0.25) is 0 Å². The Labute approximate surface area is 163 Å². The summed E-state index contributed by atoms with van der Waals surface area (Å²) in [7, 11) is 0. The molecule has 0 atom stereocenters. The lowest BCUT2D eigenvalue weighted by Crippen LogP contribution is -2.20. The number of furan rings is 1. The van der Waals surface area contributed by atoms with E-state index < -0.39 is 0 Å². The first-order chi connectivity index (χ1) is 13.4. The highest BCUT2D eigenvalue weighted by Gasteiger charge is 2.23. The largest absolute Gasteiger partial charge is 0.486 e. The van der Waals surface area contributed by atoms with E-state index in [4.69, 9.17) is 13.6 Å². The molecule has 0 unspecified atom stereocenters. The van der Waals surface area contributed by atoms with Crippen molar-refractivity contribution in [3.8, 4) is 5.75 Å². The third-order valence-corrected chi connectivity index (χ3v) is 5.46. The van der Waals surface area contributed by atoms with Gasteiger partial charge in [0.25, 0.3) is 0 Å². The summed E-state index contributed by atoms with van der Waals surface area (Å²) in [5, 5.41) is 1.43. The molecular formula is C24H24O4. The molecule has 0 aliphatic heterocycles. The van der Waals surface area contributed by atoms with Crippen molar-refractivity contribution >= 4 is 21.9 Å². The van der Waals surface area contributed by atoms with Crippen LogP contribution in [0, 0.1) is 13.8 Å². The average Bonchev–Trinajstić information content (AvgIpc) is 3.14. The third-order valence-electron chi connectivity index (χ3n) is 5.46. The van der Waals surface area contributed by atoms with Gasteiger partial charge in [-0.3, -0.25) is 4.79 Å². The van der Waals surface area contributed by atoms with Crippen molar-refractivity contribution < 1.29 is 13.6 Å². The molecule has 0 amide bonds. The van der Waals surface area contributed by atoms with Crippen LogP contribution >= 0.6 is 0 Å². The molecule has 0 aliphatic rings. The summed E-state index contributed by atoms with van der Waals surface area (Å²) in [6, 6.07) is 13.8. The van der Waals surface area contributed by atoms with E-state index >= 15 is 0 Å². The van der Waals surface area contributed by atoms with Crippen molar-refractivity contribution in [1.82, 2.24) is 0 Å². The van der Waals surface area contributed by atoms with Gasteiger partial charge in [0.05, 0.1) is 18.3 Å². The molecule has 0 bridgehead atoms. The van der Waals surface area contributed by atoms with Crippen molar-refractivity contribution in [2.45, 2.75) is 39.5 Å². The standard InChI is InChI=1S/C24H24O4/c1-15-14-19(25)20-16(2)18-10-12-26-21(18)23(22(20)28-15)27-13-11-24(3,4)17-8-6-5-7-9-17/h5-10,12,14H,11,13H2,1-4H3. The molecule has 2 aromatic heterocycles. The second kappa shape index (κ2) is 6.86. The Morgan fingerprint density at radius 3 is 2.54 bits per heavy atom. The van der Waals surface area contributed by atoms with E-state index in [1.54, 1.807) is 13.2 Å². The van der Waals surface area contributed by atoms with E-state index in [-0.39, 0.29) is 10.8 Å². The van der Waals surface area contributed by atoms with Crippen molar-refractivity contribution in [2.24, 2.45) is 0 Å². The van der Waals surface area contributed by atoms with E-state index in [2.05, 4.69) is 38.1 Å². The smallest absolute Gasteiger partial charge is 0.206 e. The quantitative estimate of drug-likeness (QED) is 0.435. The molecule has 0 spiro atoms. The lowest BCUT2D eigenvalue weighted by molar-refractivity contribution is 0.271. The van der Waals surface area contributed by atoms with Crippen LogP contribution in [0.25, 0.3) is 21.9 Å². The lowest BCUT2D eigenvalue weighted by Gasteiger charge is -2.25. The first-order valence-corrected chi connectivity index (χ1v) is 9.51. The summed E-state index contributed by atoms with van der Waals surface area (Å²) in [6.45, 7) is 8.56. The highest BCUT2D eigenvalue weighted by molar-refractivity contribution is 6.03. The number of benzene rings is 2. The Balaban J connectivity index is 1.73. The first-order valence-electron chi connectivity index (χ1n) is 9.51. The highest BCUT2D eigenvalue weighted by Crippen LogP contribution is 2.38. The summed E-state index contributed by atoms with van der Waals surface area (Å²) in [6.07, 6.45) is 2.43. The zero-order valence-corrected chi connectivity index (χ0v) is 16.7. The zero-order chi connectivity index (χ0) is 19.9. The van der Waals surface area contributed by atoms with E-state index in [1.165, 1.54) is 11.6 Å². The maximum absolute atomic E-state index is 12.6. The van der Waals surface area contributed by atoms with Crippen LogP contribution in [-0.2, 0) is 5.41 Å². The van der Waals surface area contributed by atoms with Gasteiger partial charge in [0, 0.05) is 11.5 Å². The fraction of sp³-hybridized carbons (Fsp3) is 0.292. The molecular weight excluding hydrogens is 352 g/mol.